The van der Waals surface area contributed by atoms with Crippen molar-refractivity contribution < 1.29 is 0 Å². The van der Waals surface area contributed by atoms with Crippen LogP contribution in [0.1, 0.15) is 48.7 Å². The monoisotopic (exact) mass is 515 g/mol. The fraction of sp³-hybridized carbons (Fsp3) is 0.250. The summed E-state index contributed by atoms with van der Waals surface area (Å²) in [5, 5.41) is 7.82. The molecular weight excluding hydrogens is 482 g/mol. The molecule has 6 rings (SSSR count). The summed E-state index contributed by atoms with van der Waals surface area (Å²) in [5.41, 5.74) is 10.7. The number of nitrogens with zero attached hydrogens (tertiary/aromatic N) is 5. The van der Waals surface area contributed by atoms with Gasteiger partial charge in [-0.2, -0.15) is 5.10 Å². The molecular formula is C32H33N7. The summed E-state index contributed by atoms with van der Waals surface area (Å²) in [7, 11) is 0. The van der Waals surface area contributed by atoms with Crippen LogP contribution in [0, 0.1) is 6.92 Å². The van der Waals surface area contributed by atoms with Crippen molar-refractivity contribution in [3.63, 3.8) is 0 Å². The Morgan fingerprint density at radius 2 is 1.95 bits per heavy atom. The predicted octanol–water partition coefficient (Wildman–Crippen LogP) is 6.71. The molecule has 1 fully saturated rings. The van der Waals surface area contributed by atoms with Crippen LogP contribution in [0.3, 0.4) is 0 Å². The maximum absolute atomic E-state index is 5.06. The zero-order chi connectivity index (χ0) is 26.6. The average Bonchev–Trinajstić information content (AvgIpc) is 3.57. The molecule has 0 amide bonds. The van der Waals surface area contributed by atoms with E-state index in [1.807, 2.05) is 68.0 Å². The Bertz CT molecular complexity index is 1640. The Balaban J connectivity index is 1.35. The van der Waals surface area contributed by atoms with Crippen molar-refractivity contribution in [1.82, 2.24) is 35.0 Å². The highest BCUT2D eigenvalue weighted by Gasteiger charge is 2.18. The largest absolute Gasteiger partial charge is 0.357 e. The van der Waals surface area contributed by atoms with Crippen molar-refractivity contribution in [3.8, 4) is 22.6 Å². The number of likely N-dealkylation sites (tertiary alicyclic amines) is 1. The molecule has 0 aromatic carbocycles. The predicted molar refractivity (Wildman–Crippen MR) is 157 cm³/mol. The quantitative estimate of drug-likeness (QED) is 0.235. The first-order chi connectivity index (χ1) is 19.2. The second-order valence-electron chi connectivity index (χ2n) is 10.1. The van der Waals surface area contributed by atoms with Crippen molar-refractivity contribution in [1.29, 1.82) is 0 Å². The molecule has 6 heterocycles. The number of hydrogen-bond donors (Lipinski definition) is 2. The van der Waals surface area contributed by atoms with E-state index in [9.17, 15) is 0 Å². The van der Waals surface area contributed by atoms with Crippen molar-refractivity contribution in [2.45, 2.75) is 39.7 Å². The van der Waals surface area contributed by atoms with Gasteiger partial charge in [-0.25, -0.2) is 4.98 Å². The number of piperidine rings is 1. The van der Waals surface area contributed by atoms with Gasteiger partial charge in [0.05, 0.1) is 22.6 Å². The summed E-state index contributed by atoms with van der Waals surface area (Å²) in [6.07, 6.45) is 15.8. The van der Waals surface area contributed by atoms with E-state index < -0.39 is 0 Å². The third-order valence-corrected chi connectivity index (χ3v) is 7.31. The van der Waals surface area contributed by atoms with Crippen molar-refractivity contribution in [3.05, 3.63) is 102 Å². The van der Waals surface area contributed by atoms with E-state index in [4.69, 9.17) is 4.98 Å². The second-order valence-corrected chi connectivity index (χ2v) is 10.1. The van der Waals surface area contributed by atoms with Gasteiger partial charge in [0.1, 0.15) is 11.2 Å². The highest BCUT2D eigenvalue weighted by atomic mass is 15.1. The van der Waals surface area contributed by atoms with Gasteiger partial charge >= 0.3 is 0 Å². The van der Waals surface area contributed by atoms with Crippen LogP contribution in [-0.2, 0) is 6.54 Å². The van der Waals surface area contributed by atoms with Gasteiger partial charge in [0, 0.05) is 47.5 Å². The first-order valence-electron chi connectivity index (χ1n) is 13.7. The van der Waals surface area contributed by atoms with Crippen LogP contribution < -0.4 is 0 Å². The zero-order valence-electron chi connectivity index (χ0n) is 22.5. The molecule has 7 nitrogen and oxygen atoms in total. The SMILES string of the molecule is C/C=C\C=C(\c1ccccn1)c1cc(-c2n[nH]c3ccc(-c4cncc(CN5CCCCC5)c4)nc23)[nH]c1C. The summed E-state index contributed by atoms with van der Waals surface area (Å²) in [6.45, 7) is 7.36. The lowest BCUT2D eigenvalue weighted by atomic mass is 10.0. The van der Waals surface area contributed by atoms with Crippen molar-refractivity contribution >= 4 is 16.6 Å². The third kappa shape index (κ3) is 5.31. The molecule has 0 bridgehead atoms. The summed E-state index contributed by atoms with van der Waals surface area (Å²) >= 11 is 0. The van der Waals surface area contributed by atoms with Crippen LogP contribution in [0.15, 0.2) is 79.3 Å². The molecule has 0 saturated carbocycles. The maximum atomic E-state index is 5.06. The lowest BCUT2D eigenvalue weighted by Gasteiger charge is -2.26. The molecule has 0 radical (unpaired) electrons. The van der Waals surface area contributed by atoms with Gasteiger partial charge in [-0.05, 0) is 81.7 Å². The molecule has 7 heteroatoms. The van der Waals surface area contributed by atoms with E-state index in [1.54, 1.807) is 0 Å². The maximum Gasteiger partial charge on any atom is 0.135 e. The molecule has 196 valence electrons. The standard InChI is InChI=1S/C32H33N7/c1-3-4-10-25(28-11-6-7-14-34-28)26-18-30(35-22(26)2)32-31-29(37-38-32)13-12-27(36-31)24-17-23(19-33-20-24)21-39-15-8-5-9-16-39/h3-4,6-7,10-14,17-20,35H,5,8-9,15-16,21H2,1-2H3,(H,37,38)/b4-3-,25-10+. The number of aromatic nitrogens is 6. The molecule has 2 N–H and O–H groups in total. The van der Waals surface area contributed by atoms with Crippen LogP contribution in [0.5, 0.6) is 0 Å². The average molecular weight is 516 g/mol. The van der Waals surface area contributed by atoms with E-state index in [2.05, 4.69) is 55.2 Å². The third-order valence-electron chi connectivity index (χ3n) is 7.31. The molecule has 0 aliphatic carbocycles. The normalized spacial score (nSPS) is 15.0. The minimum absolute atomic E-state index is 0.796. The first-order valence-corrected chi connectivity index (χ1v) is 13.7. The molecule has 0 unspecified atom stereocenters. The van der Waals surface area contributed by atoms with E-state index in [-0.39, 0.29) is 0 Å². The lowest BCUT2D eigenvalue weighted by Crippen LogP contribution is -2.29. The first kappa shape index (κ1) is 24.9. The zero-order valence-corrected chi connectivity index (χ0v) is 22.5. The Kier molecular flexibility index (Phi) is 7.15. The number of pyridine rings is 3. The van der Waals surface area contributed by atoms with Crippen LogP contribution >= 0.6 is 0 Å². The minimum atomic E-state index is 0.796. The summed E-state index contributed by atoms with van der Waals surface area (Å²) in [5.74, 6) is 0. The van der Waals surface area contributed by atoms with Gasteiger partial charge in [0.2, 0.25) is 0 Å². The van der Waals surface area contributed by atoms with E-state index in [1.165, 1.54) is 24.8 Å². The Morgan fingerprint density at radius 3 is 2.77 bits per heavy atom. The van der Waals surface area contributed by atoms with E-state index >= 15 is 0 Å². The number of fused-ring (bicyclic) bond motifs is 1. The van der Waals surface area contributed by atoms with Gasteiger partial charge in [-0.1, -0.05) is 30.7 Å². The van der Waals surface area contributed by atoms with Crippen LogP contribution in [-0.4, -0.2) is 48.1 Å². The molecule has 1 aliphatic rings. The minimum Gasteiger partial charge on any atom is -0.357 e. The van der Waals surface area contributed by atoms with Crippen LogP contribution in [0.2, 0.25) is 0 Å². The van der Waals surface area contributed by atoms with Gasteiger partial charge in [-0.3, -0.25) is 20.0 Å². The molecule has 1 aliphatic heterocycles. The molecule has 0 spiro atoms. The Morgan fingerprint density at radius 1 is 1.05 bits per heavy atom. The molecule has 5 aromatic rings. The van der Waals surface area contributed by atoms with Gasteiger partial charge in [-0.15, -0.1) is 0 Å². The fourth-order valence-electron chi connectivity index (χ4n) is 5.33. The highest BCUT2D eigenvalue weighted by Crippen LogP contribution is 2.32. The fourth-order valence-corrected chi connectivity index (χ4v) is 5.33. The number of H-pyrrole nitrogens is 2. The number of hydrogen-bond acceptors (Lipinski definition) is 5. The van der Waals surface area contributed by atoms with Crippen molar-refractivity contribution in [2.24, 2.45) is 0 Å². The Labute approximate surface area is 228 Å². The van der Waals surface area contributed by atoms with Crippen LogP contribution in [0.4, 0.5) is 0 Å². The number of aromatic amines is 2. The van der Waals surface area contributed by atoms with Gasteiger partial charge in [0.25, 0.3) is 0 Å². The number of aryl methyl sites for hydroxylation is 1. The Hall–Kier alpha value is -4.36. The summed E-state index contributed by atoms with van der Waals surface area (Å²) in [4.78, 5) is 20.3. The molecule has 39 heavy (non-hydrogen) atoms. The second kappa shape index (κ2) is 11.2. The topological polar surface area (TPSA) is 86.4 Å². The summed E-state index contributed by atoms with van der Waals surface area (Å²) in [6, 6.07) is 14.4. The van der Waals surface area contributed by atoms with Crippen LogP contribution in [0.25, 0.3) is 39.3 Å². The highest BCUT2D eigenvalue weighted by molar-refractivity contribution is 5.92. The molecule has 1 saturated heterocycles. The van der Waals surface area contributed by atoms with Gasteiger partial charge < -0.3 is 4.98 Å². The number of allylic oxidation sites excluding steroid dienone is 3. The summed E-state index contributed by atoms with van der Waals surface area (Å²) < 4.78 is 0. The molecule has 0 atom stereocenters. The number of rotatable bonds is 7. The lowest BCUT2D eigenvalue weighted by molar-refractivity contribution is 0.220. The smallest absolute Gasteiger partial charge is 0.135 e. The van der Waals surface area contributed by atoms with E-state index in [0.717, 1.165) is 75.8 Å². The molecule has 5 aromatic heterocycles. The van der Waals surface area contributed by atoms with E-state index in [0.29, 0.717) is 0 Å². The van der Waals surface area contributed by atoms with Gasteiger partial charge in [0.15, 0.2) is 0 Å². The number of nitrogens with one attached hydrogen (secondary N) is 2. The van der Waals surface area contributed by atoms with Crippen molar-refractivity contribution in [2.75, 3.05) is 13.1 Å².